The summed E-state index contributed by atoms with van der Waals surface area (Å²) in [4.78, 5) is 12.1. The van der Waals surface area contributed by atoms with Crippen molar-refractivity contribution in [1.82, 2.24) is 0 Å². The highest BCUT2D eigenvalue weighted by molar-refractivity contribution is 6.30. The first-order valence-corrected chi connectivity index (χ1v) is 7.17. The minimum Gasteiger partial charge on any atom is -0.479 e. The first-order chi connectivity index (χ1) is 9.96. The van der Waals surface area contributed by atoms with E-state index in [0.717, 1.165) is 0 Å². The van der Waals surface area contributed by atoms with Crippen molar-refractivity contribution in [2.24, 2.45) is 5.92 Å². The second-order valence-corrected chi connectivity index (χ2v) is 5.71. The third kappa shape index (κ3) is 3.03. The Labute approximate surface area is 129 Å². The molecule has 0 heterocycles. The van der Waals surface area contributed by atoms with Gasteiger partial charge in [-0.2, -0.15) is 0 Å². The molecule has 0 fully saturated rings. The van der Waals surface area contributed by atoms with Crippen LogP contribution in [-0.2, 0) is 10.3 Å². The van der Waals surface area contributed by atoms with Gasteiger partial charge in [0, 0.05) is 10.7 Å². The van der Waals surface area contributed by atoms with Gasteiger partial charge in [-0.25, -0.2) is 4.79 Å². The number of aliphatic carboxylic acids is 1. The van der Waals surface area contributed by atoms with E-state index in [4.69, 9.17) is 11.6 Å². The van der Waals surface area contributed by atoms with E-state index >= 15 is 0 Å². The van der Waals surface area contributed by atoms with E-state index in [2.05, 4.69) is 5.32 Å². The molecule has 1 unspecified atom stereocenters. The van der Waals surface area contributed by atoms with Gasteiger partial charge in [-0.1, -0.05) is 61.8 Å². The molecule has 0 bridgehead atoms. The van der Waals surface area contributed by atoms with Crippen molar-refractivity contribution in [2.45, 2.75) is 19.4 Å². The van der Waals surface area contributed by atoms with E-state index in [-0.39, 0.29) is 5.92 Å². The molecule has 2 rings (SSSR count). The second-order valence-electron chi connectivity index (χ2n) is 5.27. The first kappa shape index (κ1) is 15.4. The smallest absolute Gasteiger partial charge is 0.334 e. The van der Waals surface area contributed by atoms with Crippen LogP contribution in [0.5, 0.6) is 0 Å². The van der Waals surface area contributed by atoms with Crippen molar-refractivity contribution in [1.29, 1.82) is 0 Å². The number of carboxylic acids is 1. The van der Waals surface area contributed by atoms with Gasteiger partial charge < -0.3 is 10.4 Å². The molecule has 0 radical (unpaired) electrons. The quantitative estimate of drug-likeness (QED) is 0.861. The molecular weight excluding hydrogens is 286 g/mol. The Bertz CT molecular complexity index is 628. The lowest BCUT2D eigenvalue weighted by molar-refractivity contribution is -0.144. The number of hydrogen-bond donors (Lipinski definition) is 2. The van der Waals surface area contributed by atoms with Crippen molar-refractivity contribution in [3.05, 3.63) is 65.2 Å². The van der Waals surface area contributed by atoms with E-state index < -0.39 is 11.5 Å². The summed E-state index contributed by atoms with van der Waals surface area (Å²) in [6.45, 7) is 3.78. The average molecular weight is 304 g/mol. The Kier molecular flexibility index (Phi) is 4.53. The van der Waals surface area contributed by atoms with Crippen molar-refractivity contribution in [3.63, 3.8) is 0 Å². The predicted octanol–water partition coefficient (Wildman–Crippen LogP) is 4.39. The molecule has 0 aliphatic rings. The number of rotatable bonds is 5. The summed E-state index contributed by atoms with van der Waals surface area (Å²) < 4.78 is 0. The fourth-order valence-electron chi connectivity index (χ4n) is 2.47. The maximum atomic E-state index is 12.1. The van der Waals surface area contributed by atoms with Gasteiger partial charge in [0.2, 0.25) is 0 Å². The molecule has 110 valence electrons. The molecule has 0 amide bonds. The molecule has 0 spiro atoms. The Balaban J connectivity index is 2.53. The number of carbonyl (C=O) groups is 1. The van der Waals surface area contributed by atoms with E-state index in [1.165, 1.54) is 0 Å². The van der Waals surface area contributed by atoms with Crippen LogP contribution in [0, 0.1) is 5.92 Å². The zero-order valence-corrected chi connectivity index (χ0v) is 12.8. The molecule has 0 aliphatic carbocycles. The lowest BCUT2D eigenvalue weighted by Crippen LogP contribution is -2.48. The van der Waals surface area contributed by atoms with Crippen LogP contribution < -0.4 is 5.32 Å². The summed E-state index contributed by atoms with van der Waals surface area (Å²) in [6, 6.07) is 16.3. The van der Waals surface area contributed by atoms with Crippen molar-refractivity contribution in [2.75, 3.05) is 5.32 Å². The first-order valence-electron chi connectivity index (χ1n) is 6.79. The second kappa shape index (κ2) is 6.19. The normalized spacial score (nSPS) is 13.7. The molecule has 3 nitrogen and oxygen atoms in total. The number of hydrogen-bond acceptors (Lipinski definition) is 2. The van der Waals surface area contributed by atoms with E-state index in [0.29, 0.717) is 16.3 Å². The van der Waals surface area contributed by atoms with Crippen LogP contribution in [0.4, 0.5) is 5.69 Å². The fraction of sp³-hybridized carbons (Fsp3) is 0.235. The minimum atomic E-state index is -1.20. The van der Waals surface area contributed by atoms with Gasteiger partial charge in [0.05, 0.1) is 0 Å². The van der Waals surface area contributed by atoms with Crippen molar-refractivity contribution >= 4 is 23.3 Å². The molecular formula is C17H18ClNO2. The summed E-state index contributed by atoms with van der Waals surface area (Å²) in [5, 5.41) is 13.6. The van der Waals surface area contributed by atoms with Gasteiger partial charge in [-0.05, 0) is 29.7 Å². The van der Waals surface area contributed by atoms with E-state index in [1.54, 1.807) is 18.2 Å². The van der Waals surface area contributed by atoms with Gasteiger partial charge in [0.15, 0.2) is 5.54 Å². The van der Waals surface area contributed by atoms with Crippen LogP contribution in [0.2, 0.25) is 5.02 Å². The Morgan fingerprint density at radius 2 is 1.81 bits per heavy atom. The van der Waals surface area contributed by atoms with Crippen LogP contribution in [0.25, 0.3) is 0 Å². The maximum Gasteiger partial charge on any atom is 0.334 e. The van der Waals surface area contributed by atoms with Gasteiger partial charge in [0.1, 0.15) is 0 Å². The summed E-state index contributed by atoms with van der Waals surface area (Å²) >= 11 is 5.99. The van der Waals surface area contributed by atoms with E-state index in [9.17, 15) is 9.90 Å². The SMILES string of the molecule is CC(C)C(Nc1cccc(Cl)c1)(C(=O)O)c1ccccc1. The zero-order chi connectivity index (χ0) is 15.5. The summed E-state index contributed by atoms with van der Waals surface area (Å²) in [5.41, 5.74) is 0.196. The van der Waals surface area contributed by atoms with Crippen LogP contribution in [0.1, 0.15) is 19.4 Å². The van der Waals surface area contributed by atoms with Crippen molar-refractivity contribution < 1.29 is 9.90 Å². The lowest BCUT2D eigenvalue weighted by atomic mass is 9.79. The summed E-state index contributed by atoms with van der Waals surface area (Å²) in [5.74, 6) is -1.07. The van der Waals surface area contributed by atoms with Crippen LogP contribution >= 0.6 is 11.6 Å². The maximum absolute atomic E-state index is 12.1. The topological polar surface area (TPSA) is 49.3 Å². The zero-order valence-electron chi connectivity index (χ0n) is 12.0. The lowest BCUT2D eigenvalue weighted by Gasteiger charge is -2.35. The Morgan fingerprint density at radius 1 is 1.14 bits per heavy atom. The monoisotopic (exact) mass is 303 g/mol. The number of halogens is 1. The number of nitrogens with one attached hydrogen (secondary N) is 1. The van der Waals surface area contributed by atoms with E-state index in [1.807, 2.05) is 50.2 Å². The third-order valence-corrected chi connectivity index (χ3v) is 3.83. The number of anilines is 1. The predicted molar refractivity (Wildman–Crippen MR) is 85.7 cm³/mol. The molecule has 2 N–H and O–H groups in total. The Hall–Kier alpha value is -2.00. The average Bonchev–Trinajstić information content (AvgIpc) is 2.45. The van der Waals surface area contributed by atoms with Gasteiger partial charge >= 0.3 is 5.97 Å². The largest absolute Gasteiger partial charge is 0.479 e. The fourth-order valence-corrected chi connectivity index (χ4v) is 2.66. The highest BCUT2D eigenvalue weighted by atomic mass is 35.5. The molecule has 0 aliphatic heterocycles. The Morgan fingerprint density at radius 3 is 2.33 bits per heavy atom. The number of benzene rings is 2. The minimum absolute atomic E-state index is 0.156. The standard InChI is InChI=1S/C17H18ClNO2/c1-12(2)17(16(20)21,13-7-4-3-5-8-13)19-15-10-6-9-14(18)11-15/h3-12,19H,1-2H3,(H,20,21). The summed E-state index contributed by atoms with van der Waals surface area (Å²) in [6.07, 6.45) is 0. The molecule has 21 heavy (non-hydrogen) atoms. The van der Waals surface area contributed by atoms with Gasteiger partial charge in [-0.15, -0.1) is 0 Å². The van der Waals surface area contributed by atoms with Crippen LogP contribution in [-0.4, -0.2) is 11.1 Å². The van der Waals surface area contributed by atoms with Crippen LogP contribution in [0.3, 0.4) is 0 Å². The molecule has 2 aromatic carbocycles. The highest BCUT2D eigenvalue weighted by Gasteiger charge is 2.43. The molecule has 2 aromatic rings. The third-order valence-electron chi connectivity index (χ3n) is 3.60. The van der Waals surface area contributed by atoms with Crippen LogP contribution in [0.15, 0.2) is 54.6 Å². The molecule has 1 atom stereocenters. The van der Waals surface area contributed by atoms with Gasteiger partial charge in [-0.3, -0.25) is 0 Å². The molecule has 0 saturated heterocycles. The van der Waals surface area contributed by atoms with Crippen molar-refractivity contribution in [3.8, 4) is 0 Å². The molecule has 4 heteroatoms. The molecule has 0 saturated carbocycles. The number of carboxylic acid groups (broad SMARTS) is 1. The van der Waals surface area contributed by atoms with Gasteiger partial charge in [0.25, 0.3) is 0 Å². The summed E-state index contributed by atoms with van der Waals surface area (Å²) in [7, 11) is 0. The molecule has 0 aromatic heterocycles. The highest BCUT2D eigenvalue weighted by Crippen LogP contribution is 2.34.